The van der Waals surface area contributed by atoms with Gasteiger partial charge in [-0.15, -0.1) is 0 Å². The molecule has 0 unspecified atom stereocenters. The Morgan fingerprint density at radius 1 is 1.45 bits per heavy atom. The van der Waals surface area contributed by atoms with Gasteiger partial charge in [-0.3, -0.25) is 0 Å². The lowest BCUT2D eigenvalue weighted by Gasteiger charge is -2.28. The molecule has 1 N–H and O–H groups in total. The Bertz CT molecular complexity index is 499. The summed E-state index contributed by atoms with van der Waals surface area (Å²) in [4.78, 5) is 14.2. The lowest BCUT2D eigenvalue weighted by atomic mass is 10.2. The highest BCUT2D eigenvalue weighted by Gasteiger charge is 2.34. The van der Waals surface area contributed by atoms with Crippen molar-refractivity contribution in [2.24, 2.45) is 5.92 Å². The van der Waals surface area contributed by atoms with Crippen molar-refractivity contribution < 1.29 is 4.79 Å². The second-order valence-electron chi connectivity index (χ2n) is 5.48. The van der Waals surface area contributed by atoms with Crippen LogP contribution in [0.1, 0.15) is 31.7 Å². The van der Waals surface area contributed by atoms with E-state index in [0.717, 1.165) is 11.3 Å². The van der Waals surface area contributed by atoms with Crippen LogP contribution in [0, 0.1) is 24.2 Å². The Morgan fingerprint density at radius 3 is 2.65 bits per heavy atom. The molecule has 1 saturated carbocycles. The summed E-state index contributed by atoms with van der Waals surface area (Å²) in [6.07, 6.45) is 2.74. The molecule has 0 spiro atoms. The minimum absolute atomic E-state index is 0.108. The van der Waals surface area contributed by atoms with Crippen molar-refractivity contribution in [3.05, 3.63) is 29.8 Å². The second-order valence-corrected chi connectivity index (χ2v) is 5.48. The Balaban J connectivity index is 2.01. The van der Waals surface area contributed by atoms with Gasteiger partial charge in [0.15, 0.2) is 0 Å². The Kier molecular flexibility index (Phi) is 4.62. The first-order valence-electron chi connectivity index (χ1n) is 7.13. The van der Waals surface area contributed by atoms with E-state index in [0.29, 0.717) is 18.9 Å². The molecule has 4 heteroatoms. The quantitative estimate of drug-likeness (QED) is 0.890. The van der Waals surface area contributed by atoms with Crippen LogP contribution in [0.2, 0.25) is 0 Å². The molecule has 0 bridgehead atoms. The largest absolute Gasteiger partial charge is 0.322 e. The predicted octanol–water partition coefficient (Wildman–Crippen LogP) is 3.54. The first-order chi connectivity index (χ1) is 9.61. The van der Waals surface area contributed by atoms with Gasteiger partial charge in [0.25, 0.3) is 0 Å². The van der Waals surface area contributed by atoms with E-state index in [1.54, 1.807) is 4.90 Å². The van der Waals surface area contributed by atoms with Gasteiger partial charge in [0, 0.05) is 18.3 Å². The number of hydrogen-bond donors (Lipinski definition) is 1. The monoisotopic (exact) mass is 271 g/mol. The number of amides is 2. The number of nitrogens with zero attached hydrogens (tertiary/aromatic N) is 2. The molecule has 0 heterocycles. The third-order valence-corrected chi connectivity index (χ3v) is 3.82. The maximum atomic E-state index is 12.4. The third-order valence-electron chi connectivity index (χ3n) is 3.82. The molecule has 1 aromatic carbocycles. The molecule has 1 aliphatic rings. The van der Waals surface area contributed by atoms with E-state index >= 15 is 0 Å². The minimum Gasteiger partial charge on any atom is -0.321 e. The number of hydrogen-bond acceptors (Lipinski definition) is 2. The molecular formula is C16H21N3O. The normalized spacial score (nSPS) is 15.2. The van der Waals surface area contributed by atoms with Crippen LogP contribution in [0.4, 0.5) is 10.5 Å². The summed E-state index contributed by atoms with van der Waals surface area (Å²) >= 11 is 0. The molecule has 1 fully saturated rings. The van der Waals surface area contributed by atoms with Crippen molar-refractivity contribution in [2.45, 2.75) is 39.2 Å². The lowest BCUT2D eigenvalue weighted by Crippen LogP contribution is -2.43. The first kappa shape index (κ1) is 14.4. The fraction of sp³-hybridized carbons (Fsp3) is 0.500. The smallest absolute Gasteiger partial charge is 0.321 e. The van der Waals surface area contributed by atoms with Crippen LogP contribution >= 0.6 is 0 Å². The third kappa shape index (κ3) is 3.74. The second kappa shape index (κ2) is 6.42. The summed E-state index contributed by atoms with van der Waals surface area (Å²) in [5, 5.41) is 11.7. The van der Waals surface area contributed by atoms with Crippen molar-refractivity contribution in [2.75, 3.05) is 11.9 Å². The van der Waals surface area contributed by atoms with E-state index < -0.39 is 0 Å². The van der Waals surface area contributed by atoms with Crippen LogP contribution in [-0.4, -0.2) is 23.5 Å². The van der Waals surface area contributed by atoms with Gasteiger partial charge in [0.05, 0.1) is 12.5 Å². The van der Waals surface area contributed by atoms with Gasteiger partial charge in [0.1, 0.15) is 0 Å². The van der Waals surface area contributed by atoms with Gasteiger partial charge in [-0.2, -0.15) is 5.26 Å². The number of carbonyl (C=O) groups is 1. The molecule has 1 atom stereocenters. The lowest BCUT2D eigenvalue weighted by molar-refractivity contribution is 0.186. The van der Waals surface area contributed by atoms with Crippen LogP contribution in [-0.2, 0) is 0 Å². The maximum Gasteiger partial charge on any atom is 0.322 e. The average Bonchev–Trinajstić information content (AvgIpc) is 3.26. The zero-order valence-corrected chi connectivity index (χ0v) is 12.1. The molecule has 1 aromatic rings. The molecule has 1 aliphatic carbocycles. The molecule has 20 heavy (non-hydrogen) atoms. The number of nitrogens with one attached hydrogen (secondary N) is 1. The van der Waals surface area contributed by atoms with Crippen molar-refractivity contribution >= 4 is 11.7 Å². The van der Waals surface area contributed by atoms with Crippen LogP contribution in [0.5, 0.6) is 0 Å². The highest BCUT2D eigenvalue weighted by molar-refractivity contribution is 5.89. The number of urea groups is 1. The number of carbonyl (C=O) groups excluding carboxylic acids is 1. The van der Waals surface area contributed by atoms with Crippen LogP contribution < -0.4 is 5.32 Å². The van der Waals surface area contributed by atoms with E-state index in [2.05, 4.69) is 18.3 Å². The molecule has 0 saturated heterocycles. The van der Waals surface area contributed by atoms with E-state index in [1.807, 2.05) is 31.2 Å². The number of aryl methyl sites for hydroxylation is 1. The zero-order valence-electron chi connectivity index (χ0n) is 12.1. The van der Waals surface area contributed by atoms with Crippen LogP contribution in [0.25, 0.3) is 0 Å². The average molecular weight is 271 g/mol. The Morgan fingerprint density at radius 2 is 2.10 bits per heavy atom. The van der Waals surface area contributed by atoms with Gasteiger partial charge in [-0.25, -0.2) is 4.79 Å². The van der Waals surface area contributed by atoms with Gasteiger partial charge in [0.2, 0.25) is 0 Å². The zero-order chi connectivity index (χ0) is 14.5. The summed E-state index contributed by atoms with van der Waals surface area (Å²) in [5.74, 6) is 0.595. The fourth-order valence-electron chi connectivity index (χ4n) is 2.33. The number of rotatable bonds is 5. The van der Waals surface area contributed by atoms with Crippen LogP contribution in [0.3, 0.4) is 0 Å². The topological polar surface area (TPSA) is 56.1 Å². The van der Waals surface area contributed by atoms with Crippen molar-refractivity contribution in [1.82, 2.24) is 4.90 Å². The standard InChI is InChI=1S/C16H21N3O/c1-12-4-8-15(9-5-12)18-16(20)19(11-3-10-17)13(2)14-6-7-14/h4-5,8-9,13-14H,3,6-7,11H2,1-2H3,(H,18,20)/t13-/m0/s1. The molecule has 0 radical (unpaired) electrons. The Hall–Kier alpha value is -2.02. The highest BCUT2D eigenvalue weighted by Crippen LogP contribution is 2.35. The van der Waals surface area contributed by atoms with Gasteiger partial charge >= 0.3 is 6.03 Å². The Labute approximate surface area is 120 Å². The number of nitriles is 1. The van der Waals surface area contributed by atoms with Gasteiger partial charge < -0.3 is 10.2 Å². The summed E-state index contributed by atoms with van der Waals surface area (Å²) in [5.41, 5.74) is 1.96. The SMILES string of the molecule is Cc1ccc(NC(=O)N(CCC#N)[C@@H](C)C2CC2)cc1. The maximum absolute atomic E-state index is 12.4. The number of anilines is 1. The predicted molar refractivity (Wildman–Crippen MR) is 79.3 cm³/mol. The van der Waals surface area contributed by atoms with Gasteiger partial charge in [-0.05, 0) is 44.7 Å². The molecule has 0 aliphatic heterocycles. The summed E-state index contributed by atoms with van der Waals surface area (Å²) in [6, 6.07) is 9.96. The molecular weight excluding hydrogens is 250 g/mol. The fourth-order valence-corrected chi connectivity index (χ4v) is 2.33. The summed E-state index contributed by atoms with van der Waals surface area (Å²) in [7, 11) is 0. The van der Waals surface area contributed by atoms with Crippen molar-refractivity contribution in [3.63, 3.8) is 0 Å². The van der Waals surface area contributed by atoms with Gasteiger partial charge in [-0.1, -0.05) is 17.7 Å². The summed E-state index contributed by atoms with van der Waals surface area (Å²) < 4.78 is 0. The number of benzene rings is 1. The summed E-state index contributed by atoms with van der Waals surface area (Å²) in [6.45, 7) is 4.58. The van der Waals surface area contributed by atoms with Crippen molar-refractivity contribution in [1.29, 1.82) is 5.26 Å². The highest BCUT2D eigenvalue weighted by atomic mass is 16.2. The molecule has 2 amide bonds. The molecule has 2 rings (SSSR count). The van der Waals surface area contributed by atoms with Crippen LogP contribution in [0.15, 0.2) is 24.3 Å². The van der Waals surface area contributed by atoms with Crippen molar-refractivity contribution in [3.8, 4) is 6.07 Å². The van der Waals surface area contributed by atoms with E-state index in [9.17, 15) is 4.79 Å². The van der Waals surface area contributed by atoms with E-state index in [4.69, 9.17) is 5.26 Å². The molecule has 4 nitrogen and oxygen atoms in total. The minimum atomic E-state index is -0.108. The van der Waals surface area contributed by atoms with E-state index in [1.165, 1.54) is 12.8 Å². The first-order valence-corrected chi connectivity index (χ1v) is 7.13. The van der Waals surface area contributed by atoms with E-state index in [-0.39, 0.29) is 12.1 Å². The molecule has 106 valence electrons. The molecule has 0 aromatic heterocycles.